The van der Waals surface area contributed by atoms with E-state index < -0.39 is 0 Å². The number of likely N-dealkylation sites (N-methyl/N-ethyl adjacent to an activating group) is 1. The summed E-state index contributed by atoms with van der Waals surface area (Å²) in [6.45, 7) is 0.912. The van der Waals surface area contributed by atoms with Crippen molar-refractivity contribution in [3.05, 3.63) is 41.0 Å². The Labute approximate surface area is 94.3 Å². The number of nitrogens with zero attached hydrogens (tertiary/aromatic N) is 1. The van der Waals surface area contributed by atoms with Gasteiger partial charge in [0.1, 0.15) is 0 Å². The minimum absolute atomic E-state index is 0.802. The molecule has 78 valence electrons. The van der Waals surface area contributed by atoms with Crippen LogP contribution in [0.25, 0.3) is 10.9 Å². The molecule has 0 radical (unpaired) electrons. The molecule has 0 aliphatic carbocycles. The quantitative estimate of drug-likeness (QED) is 0.860. The fraction of sp³-hybridized carbons (Fsp3) is 0.250. The number of benzene rings is 1. The first kappa shape index (κ1) is 10.4. The van der Waals surface area contributed by atoms with Gasteiger partial charge in [-0.05, 0) is 37.7 Å². The van der Waals surface area contributed by atoms with Gasteiger partial charge in [0.2, 0.25) is 0 Å². The molecular weight excluding hydrogens is 208 g/mol. The molecule has 1 heterocycles. The van der Waals surface area contributed by atoms with Gasteiger partial charge in [0.25, 0.3) is 0 Å². The van der Waals surface area contributed by atoms with Crippen molar-refractivity contribution in [2.75, 3.05) is 13.6 Å². The molecule has 0 saturated heterocycles. The normalized spacial score (nSPS) is 10.8. The number of nitrogens with one attached hydrogen (secondary N) is 1. The van der Waals surface area contributed by atoms with Crippen LogP contribution in [0, 0.1) is 0 Å². The zero-order chi connectivity index (χ0) is 10.7. The molecule has 0 unspecified atom stereocenters. The van der Waals surface area contributed by atoms with E-state index in [0.29, 0.717) is 0 Å². The summed E-state index contributed by atoms with van der Waals surface area (Å²) in [6.07, 6.45) is 2.71. The zero-order valence-electron chi connectivity index (χ0n) is 8.63. The lowest BCUT2D eigenvalue weighted by molar-refractivity contribution is 0.794. The Kier molecular flexibility index (Phi) is 3.19. The van der Waals surface area contributed by atoms with Crippen LogP contribution < -0.4 is 5.32 Å². The SMILES string of the molecule is CNCCc1c(Cl)ccc2cccnc12. The minimum atomic E-state index is 0.802. The third kappa shape index (κ3) is 2.11. The molecule has 0 bridgehead atoms. The maximum atomic E-state index is 6.17. The topological polar surface area (TPSA) is 24.9 Å². The van der Waals surface area contributed by atoms with Crippen molar-refractivity contribution in [3.8, 4) is 0 Å². The summed E-state index contributed by atoms with van der Waals surface area (Å²) < 4.78 is 0. The summed E-state index contributed by atoms with van der Waals surface area (Å²) in [5, 5.41) is 5.07. The highest BCUT2D eigenvalue weighted by atomic mass is 35.5. The first-order chi connectivity index (χ1) is 7.33. The fourth-order valence-electron chi connectivity index (χ4n) is 1.67. The van der Waals surface area contributed by atoms with Crippen LogP contribution in [-0.2, 0) is 6.42 Å². The van der Waals surface area contributed by atoms with E-state index in [1.807, 2.05) is 31.4 Å². The highest BCUT2D eigenvalue weighted by Gasteiger charge is 2.06. The van der Waals surface area contributed by atoms with Crippen LogP contribution in [0.5, 0.6) is 0 Å². The molecule has 2 nitrogen and oxygen atoms in total. The molecule has 1 N–H and O–H groups in total. The standard InChI is InChI=1S/C12H13ClN2/c1-14-8-6-10-11(13)5-4-9-3-2-7-15-12(9)10/h2-5,7,14H,6,8H2,1H3. The summed E-state index contributed by atoms with van der Waals surface area (Å²) in [5.41, 5.74) is 2.14. The molecule has 0 saturated carbocycles. The number of aromatic nitrogens is 1. The van der Waals surface area contributed by atoms with E-state index in [-0.39, 0.29) is 0 Å². The average Bonchev–Trinajstić information content (AvgIpc) is 2.28. The van der Waals surface area contributed by atoms with Gasteiger partial charge in [0.05, 0.1) is 5.52 Å². The van der Waals surface area contributed by atoms with Crippen molar-refractivity contribution in [1.29, 1.82) is 0 Å². The molecule has 3 heteroatoms. The van der Waals surface area contributed by atoms with Crippen molar-refractivity contribution in [1.82, 2.24) is 10.3 Å². The number of rotatable bonds is 3. The number of halogens is 1. The highest BCUT2D eigenvalue weighted by Crippen LogP contribution is 2.24. The summed E-state index contributed by atoms with van der Waals surface area (Å²) in [7, 11) is 1.94. The minimum Gasteiger partial charge on any atom is -0.319 e. The summed E-state index contributed by atoms with van der Waals surface area (Å²) in [4.78, 5) is 4.38. The van der Waals surface area contributed by atoms with Crippen LogP contribution in [-0.4, -0.2) is 18.6 Å². The summed E-state index contributed by atoms with van der Waals surface area (Å²) in [6, 6.07) is 7.95. The summed E-state index contributed by atoms with van der Waals surface area (Å²) >= 11 is 6.17. The van der Waals surface area contributed by atoms with Crippen molar-refractivity contribution < 1.29 is 0 Å². The molecule has 0 atom stereocenters. The molecule has 2 rings (SSSR count). The third-order valence-corrected chi connectivity index (χ3v) is 2.80. The van der Waals surface area contributed by atoms with Gasteiger partial charge in [0.15, 0.2) is 0 Å². The van der Waals surface area contributed by atoms with Gasteiger partial charge in [-0.2, -0.15) is 0 Å². The van der Waals surface area contributed by atoms with E-state index in [1.54, 1.807) is 0 Å². The Morgan fingerprint density at radius 2 is 2.20 bits per heavy atom. The van der Waals surface area contributed by atoms with E-state index >= 15 is 0 Å². The highest BCUT2D eigenvalue weighted by molar-refractivity contribution is 6.32. The van der Waals surface area contributed by atoms with Crippen LogP contribution in [0.2, 0.25) is 5.02 Å². The number of hydrogen-bond donors (Lipinski definition) is 1. The molecule has 1 aromatic carbocycles. The van der Waals surface area contributed by atoms with Gasteiger partial charge in [0, 0.05) is 16.6 Å². The lowest BCUT2D eigenvalue weighted by Crippen LogP contribution is -2.11. The van der Waals surface area contributed by atoms with E-state index in [4.69, 9.17) is 11.6 Å². The Bertz CT molecular complexity index is 468. The van der Waals surface area contributed by atoms with Gasteiger partial charge < -0.3 is 5.32 Å². The lowest BCUT2D eigenvalue weighted by atomic mass is 10.1. The van der Waals surface area contributed by atoms with Crippen molar-refractivity contribution in [3.63, 3.8) is 0 Å². The summed E-state index contributed by atoms with van der Waals surface area (Å²) in [5.74, 6) is 0. The lowest BCUT2D eigenvalue weighted by Gasteiger charge is -2.07. The van der Waals surface area contributed by atoms with Crippen LogP contribution in [0.3, 0.4) is 0 Å². The molecule has 0 fully saturated rings. The van der Waals surface area contributed by atoms with Crippen molar-refractivity contribution >= 4 is 22.5 Å². The first-order valence-electron chi connectivity index (χ1n) is 4.99. The predicted octanol–water partition coefficient (Wildman–Crippen LogP) is 2.65. The van der Waals surface area contributed by atoms with Gasteiger partial charge >= 0.3 is 0 Å². The van der Waals surface area contributed by atoms with Crippen LogP contribution in [0.15, 0.2) is 30.5 Å². The average molecular weight is 221 g/mol. The van der Waals surface area contributed by atoms with Gasteiger partial charge in [-0.1, -0.05) is 23.7 Å². The molecule has 0 aliphatic rings. The van der Waals surface area contributed by atoms with Gasteiger partial charge in [-0.15, -0.1) is 0 Å². The first-order valence-corrected chi connectivity index (χ1v) is 5.37. The Morgan fingerprint density at radius 3 is 3.00 bits per heavy atom. The van der Waals surface area contributed by atoms with Crippen LogP contribution >= 0.6 is 11.6 Å². The molecule has 2 aromatic rings. The van der Waals surface area contributed by atoms with Crippen LogP contribution in [0.1, 0.15) is 5.56 Å². The Morgan fingerprint density at radius 1 is 1.33 bits per heavy atom. The maximum Gasteiger partial charge on any atom is 0.0749 e. The monoisotopic (exact) mass is 220 g/mol. The molecule has 0 amide bonds. The van der Waals surface area contributed by atoms with Crippen molar-refractivity contribution in [2.24, 2.45) is 0 Å². The number of pyridine rings is 1. The maximum absolute atomic E-state index is 6.17. The van der Waals surface area contributed by atoms with Gasteiger partial charge in [-0.25, -0.2) is 0 Å². The van der Waals surface area contributed by atoms with Crippen LogP contribution in [0.4, 0.5) is 0 Å². The molecule has 0 spiro atoms. The number of fused-ring (bicyclic) bond motifs is 1. The fourth-order valence-corrected chi connectivity index (χ4v) is 1.92. The van der Waals surface area contributed by atoms with E-state index in [2.05, 4.69) is 16.4 Å². The number of hydrogen-bond acceptors (Lipinski definition) is 2. The van der Waals surface area contributed by atoms with E-state index in [9.17, 15) is 0 Å². The zero-order valence-corrected chi connectivity index (χ0v) is 9.38. The van der Waals surface area contributed by atoms with E-state index in [1.165, 1.54) is 0 Å². The molecule has 1 aromatic heterocycles. The largest absolute Gasteiger partial charge is 0.319 e. The Hall–Kier alpha value is -1.12. The smallest absolute Gasteiger partial charge is 0.0749 e. The molecule has 15 heavy (non-hydrogen) atoms. The second-order valence-corrected chi connectivity index (χ2v) is 3.86. The third-order valence-electron chi connectivity index (χ3n) is 2.45. The second kappa shape index (κ2) is 4.60. The molecule has 0 aliphatic heterocycles. The van der Waals surface area contributed by atoms with E-state index in [0.717, 1.165) is 34.5 Å². The predicted molar refractivity (Wildman–Crippen MR) is 64.4 cm³/mol. The molecular formula is C12H13ClN2. The second-order valence-electron chi connectivity index (χ2n) is 3.45. The van der Waals surface area contributed by atoms with Crippen molar-refractivity contribution in [2.45, 2.75) is 6.42 Å². The Balaban J connectivity index is 2.53. The van der Waals surface area contributed by atoms with Gasteiger partial charge in [-0.3, -0.25) is 4.98 Å².